The predicted octanol–water partition coefficient (Wildman–Crippen LogP) is -2.65. The third-order valence-electron chi connectivity index (χ3n) is 5.49. The Morgan fingerprint density at radius 1 is 1.00 bits per heavy atom. The molecule has 4 amide bonds. The lowest BCUT2D eigenvalue weighted by Gasteiger charge is -2.25. The lowest BCUT2D eigenvalue weighted by Crippen LogP contribution is -2.57. The molecule has 204 valence electrons. The van der Waals surface area contributed by atoms with Gasteiger partial charge in [-0.1, -0.05) is 0 Å². The Bertz CT molecular complexity index is 801. The van der Waals surface area contributed by atoms with E-state index in [1.165, 1.54) is 11.8 Å². The van der Waals surface area contributed by atoms with E-state index >= 15 is 0 Å². The van der Waals surface area contributed by atoms with Crippen LogP contribution in [0.5, 0.6) is 0 Å². The average molecular weight is 531 g/mol. The van der Waals surface area contributed by atoms with Crippen LogP contribution in [0.2, 0.25) is 0 Å². The largest absolute Gasteiger partial charge is 0.480 e. The summed E-state index contributed by atoms with van der Waals surface area (Å²) in [6.45, 7) is 0.885. The molecule has 1 saturated heterocycles. The minimum absolute atomic E-state index is 0.0426. The van der Waals surface area contributed by atoms with E-state index in [0.717, 1.165) is 6.42 Å². The first-order valence-corrected chi connectivity index (χ1v) is 13.1. The second kappa shape index (κ2) is 16.6. The van der Waals surface area contributed by atoms with E-state index in [4.69, 9.17) is 17.2 Å². The standard InChI is InChI=1S/C21H38N8O6S/c1-36-11-8-14(19(33)29-15(20(34)35)5-3-10-26-21(23)24)28-18(32)13(6-7-16(22)30)27-17(31)12-4-2-9-25-12/h12-15,25H,2-11H2,1H3,(H2,22,30)(H,27,31)(H,28,32)(H,29,33)(H,34,35)(H4,23,24,26). The molecule has 1 aliphatic rings. The van der Waals surface area contributed by atoms with Crippen molar-refractivity contribution < 1.29 is 29.1 Å². The van der Waals surface area contributed by atoms with Crippen LogP contribution in [0, 0.1) is 0 Å². The van der Waals surface area contributed by atoms with Crippen molar-refractivity contribution in [2.75, 3.05) is 25.1 Å². The first-order valence-electron chi connectivity index (χ1n) is 11.7. The number of nitrogens with one attached hydrogen (secondary N) is 4. The van der Waals surface area contributed by atoms with Crippen LogP contribution in [0.1, 0.15) is 44.9 Å². The topological polar surface area (TPSA) is 244 Å². The SMILES string of the molecule is CSCCC(NC(=O)C(CCC(N)=O)NC(=O)C1CCCN1)C(=O)NC(CCCN=C(N)N)C(=O)O. The Morgan fingerprint density at radius 2 is 1.64 bits per heavy atom. The molecular weight excluding hydrogens is 492 g/mol. The van der Waals surface area contributed by atoms with Gasteiger partial charge in [0.2, 0.25) is 23.6 Å². The van der Waals surface area contributed by atoms with Crippen molar-refractivity contribution in [1.82, 2.24) is 21.3 Å². The number of carboxylic acid groups (broad SMARTS) is 1. The van der Waals surface area contributed by atoms with Gasteiger partial charge in [-0.3, -0.25) is 24.2 Å². The van der Waals surface area contributed by atoms with Crippen LogP contribution in [0.25, 0.3) is 0 Å². The minimum atomic E-state index is -1.24. The van der Waals surface area contributed by atoms with E-state index in [9.17, 15) is 29.1 Å². The molecule has 11 N–H and O–H groups in total. The molecule has 1 heterocycles. The molecule has 4 atom stereocenters. The van der Waals surface area contributed by atoms with Crippen molar-refractivity contribution in [3.8, 4) is 0 Å². The molecule has 0 aliphatic carbocycles. The number of rotatable bonds is 17. The molecule has 0 radical (unpaired) electrons. The molecule has 1 rings (SSSR count). The zero-order chi connectivity index (χ0) is 27.1. The molecule has 0 saturated carbocycles. The van der Waals surface area contributed by atoms with Crippen LogP contribution in [0.15, 0.2) is 4.99 Å². The molecule has 1 fully saturated rings. The fraction of sp³-hybridized carbons (Fsp3) is 0.714. The monoisotopic (exact) mass is 530 g/mol. The Hall–Kier alpha value is -3.07. The van der Waals surface area contributed by atoms with Gasteiger partial charge in [-0.25, -0.2) is 4.79 Å². The molecule has 0 spiro atoms. The number of aliphatic carboxylic acids is 1. The average Bonchev–Trinajstić information content (AvgIpc) is 3.35. The number of primary amides is 1. The molecule has 0 aromatic carbocycles. The maximum Gasteiger partial charge on any atom is 0.326 e. The second-order valence-corrected chi connectivity index (χ2v) is 9.39. The highest BCUT2D eigenvalue weighted by Gasteiger charge is 2.31. The van der Waals surface area contributed by atoms with Gasteiger partial charge >= 0.3 is 5.97 Å². The fourth-order valence-electron chi connectivity index (χ4n) is 3.55. The molecular formula is C21H38N8O6S. The zero-order valence-electron chi connectivity index (χ0n) is 20.5. The van der Waals surface area contributed by atoms with Crippen molar-refractivity contribution in [2.24, 2.45) is 22.2 Å². The van der Waals surface area contributed by atoms with Gasteiger partial charge in [0, 0.05) is 13.0 Å². The number of nitrogens with two attached hydrogens (primary N) is 3. The third-order valence-corrected chi connectivity index (χ3v) is 6.14. The second-order valence-electron chi connectivity index (χ2n) is 8.41. The maximum atomic E-state index is 13.0. The highest BCUT2D eigenvalue weighted by Crippen LogP contribution is 2.09. The van der Waals surface area contributed by atoms with Gasteiger partial charge in [0.1, 0.15) is 18.1 Å². The summed E-state index contributed by atoms with van der Waals surface area (Å²) < 4.78 is 0. The number of nitrogens with zero attached hydrogens (tertiary/aromatic N) is 1. The van der Waals surface area contributed by atoms with Crippen molar-refractivity contribution >= 4 is 47.3 Å². The summed E-state index contributed by atoms with van der Waals surface area (Å²) in [6.07, 6.45) is 3.69. The number of guanidine groups is 1. The van der Waals surface area contributed by atoms with E-state index in [1.54, 1.807) is 0 Å². The Kier molecular flexibility index (Phi) is 14.3. The number of carbonyl (C=O) groups excluding carboxylic acids is 4. The number of hydrogen-bond acceptors (Lipinski definition) is 8. The normalized spacial score (nSPS) is 17.3. The van der Waals surface area contributed by atoms with Gasteiger partial charge in [-0.2, -0.15) is 11.8 Å². The van der Waals surface area contributed by atoms with Gasteiger partial charge in [-0.05, 0) is 57.1 Å². The van der Waals surface area contributed by atoms with Crippen LogP contribution in [0.4, 0.5) is 0 Å². The van der Waals surface area contributed by atoms with Crippen molar-refractivity contribution in [2.45, 2.75) is 69.1 Å². The number of thioether (sulfide) groups is 1. The Labute approximate surface area is 214 Å². The zero-order valence-corrected chi connectivity index (χ0v) is 21.3. The number of hydrogen-bond donors (Lipinski definition) is 8. The van der Waals surface area contributed by atoms with Gasteiger partial charge < -0.3 is 43.6 Å². The third kappa shape index (κ3) is 12.1. The number of amides is 4. The summed E-state index contributed by atoms with van der Waals surface area (Å²) in [7, 11) is 0. The quantitative estimate of drug-likeness (QED) is 0.0551. The molecule has 1 aliphatic heterocycles. The molecule has 4 unspecified atom stereocenters. The van der Waals surface area contributed by atoms with Gasteiger partial charge in [-0.15, -0.1) is 0 Å². The number of aliphatic imine (C=N–C) groups is 1. The number of carboxylic acids is 1. The van der Waals surface area contributed by atoms with Crippen LogP contribution in [-0.4, -0.2) is 89.9 Å². The Morgan fingerprint density at radius 3 is 2.17 bits per heavy atom. The first-order chi connectivity index (χ1) is 17.0. The van der Waals surface area contributed by atoms with Crippen LogP contribution >= 0.6 is 11.8 Å². The summed E-state index contributed by atoms with van der Waals surface area (Å²) in [5, 5.41) is 20.2. The van der Waals surface area contributed by atoms with Gasteiger partial charge in [0.05, 0.1) is 6.04 Å². The molecule has 0 aromatic heterocycles. The van der Waals surface area contributed by atoms with Crippen molar-refractivity contribution in [3.05, 3.63) is 0 Å². The van der Waals surface area contributed by atoms with E-state index in [1.807, 2.05) is 6.26 Å². The molecule has 0 aromatic rings. The van der Waals surface area contributed by atoms with E-state index in [2.05, 4.69) is 26.3 Å². The molecule has 15 heteroatoms. The van der Waals surface area contributed by atoms with Crippen LogP contribution in [0.3, 0.4) is 0 Å². The summed E-state index contributed by atoms with van der Waals surface area (Å²) in [5.41, 5.74) is 15.7. The molecule has 0 bridgehead atoms. The summed E-state index contributed by atoms with van der Waals surface area (Å²) in [6, 6.07) is -3.80. The lowest BCUT2D eigenvalue weighted by molar-refractivity contribution is -0.142. The first kappa shape index (κ1) is 31.0. The number of carbonyl (C=O) groups is 5. The highest BCUT2D eigenvalue weighted by atomic mass is 32.2. The summed E-state index contributed by atoms with van der Waals surface area (Å²) in [4.78, 5) is 65.2. The minimum Gasteiger partial charge on any atom is -0.480 e. The van der Waals surface area contributed by atoms with E-state index < -0.39 is 47.9 Å². The van der Waals surface area contributed by atoms with Crippen LogP contribution in [-0.2, 0) is 24.0 Å². The summed E-state index contributed by atoms with van der Waals surface area (Å²) >= 11 is 1.44. The van der Waals surface area contributed by atoms with Crippen molar-refractivity contribution in [1.29, 1.82) is 0 Å². The van der Waals surface area contributed by atoms with Gasteiger partial charge in [0.25, 0.3) is 0 Å². The van der Waals surface area contributed by atoms with Crippen molar-refractivity contribution in [3.63, 3.8) is 0 Å². The molecule has 36 heavy (non-hydrogen) atoms. The maximum absolute atomic E-state index is 13.0. The van der Waals surface area contributed by atoms with E-state index in [0.29, 0.717) is 25.1 Å². The van der Waals surface area contributed by atoms with Crippen LogP contribution < -0.4 is 38.5 Å². The van der Waals surface area contributed by atoms with Gasteiger partial charge in [0.15, 0.2) is 5.96 Å². The molecule has 14 nitrogen and oxygen atoms in total. The lowest BCUT2D eigenvalue weighted by atomic mass is 10.1. The fourth-order valence-corrected chi connectivity index (χ4v) is 4.02. The smallest absolute Gasteiger partial charge is 0.326 e. The van der Waals surface area contributed by atoms with E-state index in [-0.39, 0.29) is 44.1 Å². The predicted molar refractivity (Wildman–Crippen MR) is 136 cm³/mol. The summed E-state index contributed by atoms with van der Waals surface area (Å²) in [5.74, 6) is -3.21. The highest BCUT2D eigenvalue weighted by molar-refractivity contribution is 7.98. The Balaban J connectivity index is 2.88.